The normalized spacial score (nSPS) is 10.6. The highest BCUT2D eigenvalue weighted by atomic mass is 16.5. The summed E-state index contributed by atoms with van der Waals surface area (Å²) < 4.78 is 4.98. The second kappa shape index (κ2) is 8.28. The molecule has 0 saturated heterocycles. The van der Waals surface area contributed by atoms with Gasteiger partial charge in [-0.15, -0.1) is 0 Å². The van der Waals surface area contributed by atoms with E-state index in [0.29, 0.717) is 12.6 Å². The number of methoxy groups -OCH3 is 1. The van der Waals surface area contributed by atoms with Crippen molar-refractivity contribution < 1.29 is 4.74 Å². The highest BCUT2D eigenvalue weighted by molar-refractivity contribution is 5.30. The first-order valence-electron chi connectivity index (χ1n) is 6.90. The van der Waals surface area contributed by atoms with Crippen LogP contribution < -0.4 is 10.2 Å². The largest absolute Gasteiger partial charge is 0.383 e. The molecular formula is C15H21N5O. The van der Waals surface area contributed by atoms with E-state index >= 15 is 0 Å². The van der Waals surface area contributed by atoms with Crippen LogP contribution in [0.5, 0.6) is 0 Å². The second-order valence-corrected chi connectivity index (χ2v) is 4.78. The number of ether oxygens (including phenoxy) is 1. The number of anilines is 1. The molecule has 0 aliphatic rings. The average molecular weight is 287 g/mol. The molecule has 0 atom stereocenters. The molecule has 0 aliphatic carbocycles. The molecule has 6 heteroatoms. The second-order valence-electron chi connectivity index (χ2n) is 4.78. The van der Waals surface area contributed by atoms with E-state index in [0.717, 1.165) is 30.8 Å². The van der Waals surface area contributed by atoms with E-state index in [9.17, 15) is 0 Å². The van der Waals surface area contributed by atoms with Gasteiger partial charge in [0.2, 0.25) is 5.95 Å². The third-order valence-electron chi connectivity index (χ3n) is 2.99. The van der Waals surface area contributed by atoms with Crippen LogP contribution >= 0.6 is 0 Å². The number of hydrogen-bond donors (Lipinski definition) is 1. The molecule has 2 aromatic rings. The van der Waals surface area contributed by atoms with Crippen LogP contribution in [0.3, 0.4) is 0 Å². The Morgan fingerprint density at radius 3 is 2.67 bits per heavy atom. The fraction of sp³-hybridized carbons (Fsp3) is 0.400. The molecule has 112 valence electrons. The summed E-state index contributed by atoms with van der Waals surface area (Å²) in [6.45, 7) is 3.00. The van der Waals surface area contributed by atoms with Gasteiger partial charge in [0, 0.05) is 64.1 Å². The van der Waals surface area contributed by atoms with Gasteiger partial charge in [0.1, 0.15) is 0 Å². The quantitative estimate of drug-likeness (QED) is 0.737. The molecule has 2 rings (SSSR count). The van der Waals surface area contributed by atoms with E-state index in [-0.39, 0.29) is 0 Å². The number of rotatable bonds is 8. The van der Waals surface area contributed by atoms with Crippen molar-refractivity contribution in [2.24, 2.45) is 0 Å². The van der Waals surface area contributed by atoms with Crippen molar-refractivity contribution in [1.29, 1.82) is 0 Å². The van der Waals surface area contributed by atoms with Crippen molar-refractivity contribution in [3.63, 3.8) is 0 Å². The van der Waals surface area contributed by atoms with Gasteiger partial charge in [0.05, 0.1) is 6.61 Å². The van der Waals surface area contributed by atoms with E-state index in [1.807, 2.05) is 42.7 Å². The molecule has 21 heavy (non-hydrogen) atoms. The van der Waals surface area contributed by atoms with Gasteiger partial charge >= 0.3 is 0 Å². The van der Waals surface area contributed by atoms with Crippen molar-refractivity contribution in [2.45, 2.75) is 13.1 Å². The van der Waals surface area contributed by atoms with Crippen LogP contribution in [0, 0.1) is 0 Å². The predicted octanol–water partition coefficient (Wildman–Crippen LogP) is 1.24. The van der Waals surface area contributed by atoms with Crippen molar-refractivity contribution in [2.75, 3.05) is 32.2 Å². The van der Waals surface area contributed by atoms with Gasteiger partial charge in [-0.2, -0.15) is 0 Å². The lowest BCUT2D eigenvalue weighted by molar-refractivity contribution is 0.199. The lowest BCUT2D eigenvalue weighted by Crippen LogP contribution is -2.21. The Morgan fingerprint density at radius 1 is 1.19 bits per heavy atom. The summed E-state index contributed by atoms with van der Waals surface area (Å²) >= 11 is 0. The maximum atomic E-state index is 4.98. The highest BCUT2D eigenvalue weighted by Crippen LogP contribution is 2.09. The van der Waals surface area contributed by atoms with Gasteiger partial charge in [0.15, 0.2) is 0 Å². The molecule has 2 heterocycles. The first-order chi connectivity index (χ1) is 10.3. The summed E-state index contributed by atoms with van der Waals surface area (Å²) in [5, 5.41) is 3.26. The molecular weight excluding hydrogens is 266 g/mol. The standard InChI is InChI=1S/C15H21N5O/c1-20(12-13-4-3-5-16-8-13)15-18-10-14(11-19-15)9-17-6-7-21-2/h3-5,8,10-11,17H,6-7,9,12H2,1-2H3. The van der Waals surface area contributed by atoms with Gasteiger partial charge in [0.25, 0.3) is 0 Å². The Hall–Kier alpha value is -2.05. The fourth-order valence-electron chi connectivity index (χ4n) is 1.88. The van der Waals surface area contributed by atoms with Crippen LogP contribution in [-0.4, -0.2) is 42.3 Å². The van der Waals surface area contributed by atoms with Crippen LogP contribution in [0.1, 0.15) is 11.1 Å². The van der Waals surface area contributed by atoms with Crippen LogP contribution in [0.25, 0.3) is 0 Å². The topological polar surface area (TPSA) is 63.2 Å². The number of aromatic nitrogens is 3. The maximum absolute atomic E-state index is 4.98. The van der Waals surface area contributed by atoms with Crippen LogP contribution in [0.15, 0.2) is 36.9 Å². The summed E-state index contributed by atoms with van der Waals surface area (Å²) in [4.78, 5) is 14.9. The summed E-state index contributed by atoms with van der Waals surface area (Å²) in [5.74, 6) is 0.708. The molecule has 0 radical (unpaired) electrons. The Morgan fingerprint density at radius 2 is 2.00 bits per heavy atom. The summed E-state index contributed by atoms with van der Waals surface area (Å²) in [5.41, 5.74) is 2.19. The van der Waals surface area contributed by atoms with Crippen LogP contribution in [0.4, 0.5) is 5.95 Å². The average Bonchev–Trinajstić information content (AvgIpc) is 2.53. The monoisotopic (exact) mass is 287 g/mol. The Bertz CT molecular complexity index is 517. The molecule has 6 nitrogen and oxygen atoms in total. The van der Waals surface area contributed by atoms with Gasteiger partial charge < -0.3 is 15.0 Å². The van der Waals surface area contributed by atoms with Crippen LogP contribution in [-0.2, 0) is 17.8 Å². The number of nitrogens with zero attached hydrogens (tertiary/aromatic N) is 4. The Kier molecular flexibility index (Phi) is 6.05. The number of nitrogens with one attached hydrogen (secondary N) is 1. The van der Waals surface area contributed by atoms with E-state index < -0.39 is 0 Å². The molecule has 0 aromatic carbocycles. The van der Waals surface area contributed by atoms with Crippen LogP contribution in [0.2, 0.25) is 0 Å². The van der Waals surface area contributed by atoms with Crippen molar-refractivity contribution >= 4 is 5.95 Å². The fourth-order valence-corrected chi connectivity index (χ4v) is 1.88. The van der Waals surface area contributed by atoms with Crippen molar-refractivity contribution in [3.8, 4) is 0 Å². The minimum Gasteiger partial charge on any atom is -0.383 e. The lowest BCUT2D eigenvalue weighted by Gasteiger charge is -2.16. The molecule has 0 saturated carbocycles. The Labute approximate surface area is 125 Å². The minimum absolute atomic E-state index is 0.701. The molecule has 0 bridgehead atoms. The molecule has 2 aromatic heterocycles. The molecule has 0 fully saturated rings. The summed E-state index contributed by atoms with van der Waals surface area (Å²) in [6.07, 6.45) is 7.32. The third-order valence-corrected chi connectivity index (χ3v) is 2.99. The highest BCUT2D eigenvalue weighted by Gasteiger charge is 2.05. The zero-order chi connectivity index (χ0) is 14.9. The summed E-state index contributed by atoms with van der Waals surface area (Å²) in [7, 11) is 3.66. The van der Waals surface area contributed by atoms with E-state index in [2.05, 4.69) is 20.3 Å². The zero-order valence-electron chi connectivity index (χ0n) is 12.5. The van der Waals surface area contributed by atoms with Crippen molar-refractivity contribution in [3.05, 3.63) is 48.0 Å². The van der Waals surface area contributed by atoms with E-state index in [1.54, 1.807) is 13.3 Å². The molecule has 0 spiro atoms. The predicted molar refractivity (Wildman–Crippen MR) is 82.0 cm³/mol. The molecule has 0 aliphatic heterocycles. The lowest BCUT2D eigenvalue weighted by atomic mass is 10.3. The van der Waals surface area contributed by atoms with E-state index in [1.165, 1.54) is 0 Å². The SMILES string of the molecule is COCCNCc1cnc(N(C)Cc2cccnc2)nc1. The number of hydrogen-bond acceptors (Lipinski definition) is 6. The Balaban J connectivity index is 1.86. The molecule has 0 amide bonds. The van der Waals surface area contributed by atoms with Gasteiger partial charge in [-0.3, -0.25) is 4.98 Å². The first-order valence-corrected chi connectivity index (χ1v) is 6.90. The summed E-state index contributed by atoms with van der Waals surface area (Å²) in [6, 6.07) is 3.97. The van der Waals surface area contributed by atoms with Crippen molar-refractivity contribution in [1.82, 2.24) is 20.3 Å². The number of pyridine rings is 1. The van der Waals surface area contributed by atoms with E-state index in [4.69, 9.17) is 4.74 Å². The smallest absolute Gasteiger partial charge is 0.225 e. The minimum atomic E-state index is 0.701. The van der Waals surface area contributed by atoms with Gasteiger partial charge in [-0.05, 0) is 11.6 Å². The van der Waals surface area contributed by atoms with Gasteiger partial charge in [-0.1, -0.05) is 6.07 Å². The molecule has 0 unspecified atom stereocenters. The first kappa shape index (κ1) is 15.3. The maximum Gasteiger partial charge on any atom is 0.225 e. The molecule has 1 N–H and O–H groups in total. The van der Waals surface area contributed by atoms with Gasteiger partial charge in [-0.25, -0.2) is 9.97 Å². The zero-order valence-corrected chi connectivity index (χ0v) is 12.5. The third kappa shape index (κ3) is 5.09.